The van der Waals surface area contributed by atoms with Crippen molar-refractivity contribution in [1.82, 2.24) is 0 Å². The third-order valence-electron chi connectivity index (χ3n) is 2.68. The fourth-order valence-corrected chi connectivity index (χ4v) is 1.82. The normalized spacial score (nSPS) is 10.2. The molecule has 0 aliphatic rings. The van der Waals surface area contributed by atoms with Gasteiger partial charge in [-0.25, -0.2) is 4.79 Å². The summed E-state index contributed by atoms with van der Waals surface area (Å²) in [6.45, 7) is 2.12. The van der Waals surface area contributed by atoms with Gasteiger partial charge in [-0.15, -0.1) is 0 Å². The molecule has 0 unspecified atom stereocenters. The van der Waals surface area contributed by atoms with Crippen LogP contribution in [0.1, 0.15) is 17.3 Å². The second kappa shape index (κ2) is 5.76. The van der Waals surface area contributed by atoms with Gasteiger partial charge in [0.05, 0.1) is 17.2 Å². The Morgan fingerprint density at radius 1 is 1.16 bits per heavy atom. The number of aromatic hydroxyl groups is 1. The van der Waals surface area contributed by atoms with Gasteiger partial charge in [0.1, 0.15) is 5.75 Å². The summed E-state index contributed by atoms with van der Waals surface area (Å²) in [6, 6.07) is 12.0. The summed E-state index contributed by atoms with van der Waals surface area (Å²) in [5.41, 5.74) is 2.22. The van der Waals surface area contributed by atoms with Crippen molar-refractivity contribution in [2.75, 3.05) is 6.61 Å². The van der Waals surface area contributed by atoms with Crippen molar-refractivity contribution >= 4 is 17.6 Å². The Labute approximate surface area is 116 Å². The molecule has 0 bridgehead atoms. The molecule has 2 rings (SSSR count). The summed E-state index contributed by atoms with van der Waals surface area (Å²) >= 11 is 5.76. The van der Waals surface area contributed by atoms with Crippen molar-refractivity contribution < 1.29 is 14.6 Å². The van der Waals surface area contributed by atoms with Crippen LogP contribution in [0.2, 0.25) is 5.02 Å². The predicted octanol–water partition coefficient (Wildman–Crippen LogP) is 3.89. The molecule has 98 valence electrons. The minimum atomic E-state index is -0.340. The van der Waals surface area contributed by atoms with Crippen LogP contribution in [-0.2, 0) is 4.74 Å². The molecule has 0 aliphatic carbocycles. The first kappa shape index (κ1) is 13.4. The number of phenolic OH excluding ortho intramolecular Hbond substituents is 1. The van der Waals surface area contributed by atoms with E-state index in [9.17, 15) is 9.90 Å². The van der Waals surface area contributed by atoms with Crippen LogP contribution in [0.15, 0.2) is 42.5 Å². The van der Waals surface area contributed by atoms with Gasteiger partial charge in [-0.05, 0) is 42.3 Å². The highest BCUT2D eigenvalue weighted by Gasteiger charge is 2.07. The van der Waals surface area contributed by atoms with Gasteiger partial charge in [0.15, 0.2) is 0 Å². The highest BCUT2D eigenvalue weighted by atomic mass is 35.5. The van der Waals surface area contributed by atoms with Crippen LogP contribution >= 0.6 is 11.6 Å². The van der Waals surface area contributed by atoms with Crippen LogP contribution in [0.25, 0.3) is 11.1 Å². The summed E-state index contributed by atoms with van der Waals surface area (Å²) in [4.78, 5) is 11.5. The number of carbonyl (C=O) groups is 1. The highest BCUT2D eigenvalue weighted by molar-refractivity contribution is 6.32. The molecule has 19 heavy (non-hydrogen) atoms. The second-order valence-electron chi connectivity index (χ2n) is 3.96. The average molecular weight is 277 g/mol. The topological polar surface area (TPSA) is 46.5 Å². The van der Waals surface area contributed by atoms with Gasteiger partial charge in [0.25, 0.3) is 0 Å². The summed E-state index contributed by atoms with van der Waals surface area (Å²) in [7, 11) is 0. The third kappa shape index (κ3) is 3.06. The lowest BCUT2D eigenvalue weighted by molar-refractivity contribution is 0.0526. The smallest absolute Gasteiger partial charge is 0.338 e. The van der Waals surface area contributed by atoms with Crippen molar-refractivity contribution in [3.05, 3.63) is 53.1 Å². The quantitative estimate of drug-likeness (QED) is 0.865. The molecule has 1 N–H and O–H groups in total. The Morgan fingerprint density at radius 2 is 1.79 bits per heavy atom. The molecule has 0 atom stereocenters. The first-order valence-electron chi connectivity index (χ1n) is 5.88. The highest BCUT2D eigenvalue weighted by Crippen LogP contribution is 2.29. The van der Waals surface area contributed by atoms with Crippen molar-refractivity contribution in [3.63, 3.8) is 0 Å². The Morgan fingerprint density at radius 3 is 2.37 bits per heavy atom. The Kier molecular flexibility index (Phi) is 4.07. The first-order chi connectivity index (χ1) is 9.11. The van der Waals surface area contributed by atoms with Crippen LogP contribution in [0.5, 0.6) is 5.75 Å². The Bertz CT molecular complexity index is 591. The third-order valence-corrected chi connectivity index (χ3v) is 3.00. The predicted molar refractivity (Wildman–Crippen MR) is 74.5 cm³/mol. The lowest BCUT2D eigenvalue weighted by Crippen LogP contribution is -2.03. The van der Waals surface area contributed by atoms with Crippen LogP contribution < -0.4 is 0 Å². The zero-order valence-corrected chi connectivity index (χ0v) is 11.1. The van der Waals surface area contributed by atoms with Crippen LogP contribution in [0.4, 0.5) is 0 Å². The molecule has 0 saturated heterocycles. The van der Waals surface area contributed by atoms with E-state index in [2.05, 4.69) is 0 Å². The van der Waals surface area contributed by atoms with Crippen molar-refractivity contribution in [3.8, 4) is 16.9 Å². The number of benzene rings is 2. The molecular formula is C15H13ClO3. The molecule has 3 nitrogen and oxygen atoms in total. The van der Waals surface area contributed by atoms with E-state index >= 15 is 0 Å². The molecule has 0 saturated carbocycles. The van der Waals surface area contributed by atoms with Gasteiger partial charge in [0.2, 0.25) is 0 Å². The van der Waals surface area contributed by atoms with Gasteiger partial charge in [0, 0.05) is 0 Å². The summed E-state index contributed by atoms with van der Waals surface area (Å²) in [5.74, 6) is -0.304. The zero-order valence-electron chi connectivity index (χ0n) is 10.4. The number of rotatable bonds is 3. The van der Waals surface area contributed by atoms with Gasteiger partial charge >= 0.3 is 5.97 Å². The lowest BCUT2D eigenvalue weighted by Gasteiger charge is -2.05. The summed E-state index contributed by atoms with van der Waals surface area (Å²) in [6.07, 6.45) is 0. The Hall–Kier alpha value is -2.00. The molecule has 0 heterocycles. The number of phenols is 1. The molecule has 0 aromatic heterocycles. The fraction of sp³-hybridized carbons (Fsp3) is 0.133. The number of carbonyl (C=O) groups excluding carboxylic acids is 1. The van der Waals surface area contributed by atoms with E-state index in [4.69, 9.17) is 16.3 Å². The van der Waals surface area contributed by atoms with Gasteiger partial charge in [-0.2, -0.15) is 0 Å². The van der Waals surface area contributed by atoms with Crippen LogP contribution in [0, 0.1) is 0 Å². The van der Waals surface area contributed by atoms with E-state index in [1.807, 2.05) is 0 Å². The number of ether oxygens (including phenoxy) is 1. The van der Waals surface area contributed by atoms with E-state index in [0.717, 1.165) is 11.1 Å². The van der Waals surface area contributed by atoms with Gasteiger partial charge in [-0.3, -0.25) is 0 Å². The Balaban J connectivity index is 2.27. The molecule has 0 spiro atoms. The maximum absolute atomic E-state index is 11.5. The van der Waals surface area contributed by atoms with E-state index in [0.29, 0.717) is 17.2 Å². The van der Waals surface area contributed by atoms with Crippen molar-refractivity contribution in [1.29, 1.82) is 0 Å². The first-order valence-corrected chi connectivity index (χ1v) is 6.25. The summed E-state index contributed by atoms with van der Waals surface area (Å²) in [5, 5.41) is 9.88. The zero-order chi connectivity index (χ0) is 13.8. The van der Waals surface area contributed by atoms with Crippen molar-refractivity contribution in [2.45, 2.75) is 6.92 Å². The largest absolute Gasteiger partial charge is 0.506 e. The lowest BCUT2D eigenvalue weighted by atomic mass is 10.0. The minimum absolute atomic E-state index is 0.0358. The SMILES string of the molecule is CCOC(=O)c1ccc(-c2ccc(Cl)c(O)c2)cc1. The maximum Gasteiger partial charge on any atom is 0.338 e. The molecular weight excluding hydrogens is 264 g/mol. The van der Waals surface area contributed by atoms with Crippen molar-refractivity contribution in [2.24, 2.45) is 0 Å². The van der Waals surface area contributed by atoms with Crippen LogP contribution in [0.3, 0.4) is 0 Å². The molecule has 2 aromatic rings. The number of esters is 1. The number of hydrogen-bond acceptors (Lipinski definition) is 3. The van der Waals surface area contributed by atoms with E-state index in [1.165, 1.54) is 0 Å². The molecule has 0 aliphatic heterocycles. The molecule has 0 amide bonds. The van der Waals surface area contributed by atoms with E-state index in [-0.39, 0.29) is 11.7 Å². The minimum Gasteiger partial charge on any atom is -0.506 e. The molecule has 0 radical (unpaired) electrons. The number of hydrogen-bond donors (Lipinski definition) is 1. The van der Waals surface area contributed by atoms with E-state index < -0.39 is 0 Å². The van der Waals surface area contributed by atoms with Gasteiger partial charge < -0.3 is 9.84 Å². The number of halogens is 1. The standard InChI is InChI=1S/C15H13ClO3/c1-2-19-15(18)11-5-3-10(4-6-11)12-7-8-13(16)14(17)9-12/h3-9,17H,2H2,1H3. The summed E-state index contributed by atoms with van der Waals surface area (Å²) < 4.78 is 4.91. The van der Waals surface area contributed by atoms with Gasteiger partial charge in [-0.1, -0.05) is 29.8 Å². The maximum atomic E-state index is 11.5. The molecule has 4 heteroatoms. The van der Waals surface area contributed by atoms with Crippen LogP contribution in [-0.4, -0.2) is 17.7 Å². The fourth-order valence-electron chi connectivity index (χ4n) is 1.71. The monoisotopic (exact) mass is 276 g/mol. The van der Waals surface area contributed by atoms with E-state index in [1.54, 1.807) is 49.4 Å². The molecule has 2 aromatic carbocycles. The average Bonchev–Trinajstić information content (AvgIpc) is 2.42. The second-order valence-corrected chi connectivity index (χ2v) is 4.37. The molecule has 0 fully saturated rings.